The Hall–Kier alpha value is -0.640. The molecule has 3 nitrogen and oxygen atoms in total. The Bertz CT molecular complexity index is 251. The molecule has 0 aliphatic carbocycles. The van der Waals surface area contributed by atoms with Crippen LogP contribution in [0.4, 0.5) is 5.82 Å². The Labute approximate surface area is 93.7 Å². The van der Waals surface area contributed by atoms with Crippen LogP contribution in [0.25, 0.3) is 0 Å². The Morgan fingerprint density at radius 3 is 2.79 bits per heavy atom. The van der Waals surface area contributed by atoms with Gasteiger partial charge in [0.1, 0.15) is 0 Å². The van der Waals surface area contributed by atoms with E-state index >= 15 is 0 Å². The van der Waals surface area contributed by atoms with Gasteiger partial charge in [0.25, 0.3) is 0 Å². The van der Waals surface area contributed by atoms with E-state index < -0.39 is 0 Å². The van der Waals surface area contributed by atoms with Gasteiger partial charge < -0.3 is 4.90 Å². The minimum atomic E-state index is 0.464. The predicted octanol–water partition coefficient (Wildman–Crippen LogP) is 2.48. The maximum absolute atomic E-state index is 4.11. The minimum absolute atomic E-state index is 0.464. The average Bonchev–Trinajstić information content (AvgIpc) is 2.19. The summed E-state index contributed by atoms with van der Waals surface area (Å²) in [6, 6.07) is 4.39. The van der Waals surface area contributed by atoms with Gasteiger partial charge in [-0.25, -0.2) is 0 Å². The van der Waals surface area contributed by atoms with Gasteiger partial charge in [0.15, 0.2) is 5.82 Å². The van der Waals surface area contributed by atoms with E-state index in [1.165, 1.54) is 0 Å². The number of anilines is 1. The molecule has 78 valence electrons. The van der Waals surface area contributed by atoms with Gasteiger partial charge in [-0.1, -0.05) is 15.9 Å². The van der Waals surface area contributed by atoms with Gasteiger partial charge in [-0.3, -0.25) is 0 Å². The first kappa shape index (κ1) is 11.4. The first-order chi connectivity index (χ1) is 6.75. The molecule has 0 bridgehead atoms. The summed E-state index contributed by atoms with van der Waals surface area (Å²) in [7, 11) is 0. The molecule has 0 radical (unpaired) electrons. The SMILES string of the molecule is CC(C)N(CCCBr)c1cccnn1. The molecule has 0 unspecified atom stereocenters. The molecule has 4 heteroatoms. The molecule has 0 saturated heterocycles. The van der Waals surface area contributed by atoms with Crippen LogP contribution in [-0.2, 0) is 0 Å². The molecule has 1 heterocycles. The summed E-state index contributed by atoms with van der Waals surface area (Å²) < 4.78 is 0. The summed E-state index contributed by atoms with van der Waals surface area (Å²) in [5.41, 5.74) is 0. The van der Waals surface area contributed by atoms with E-state index in [0.717, 1.165) is 24.1 Å². The molecule has 1 aromatic heterocycles. The van der Waals surface area contributed by atoms with Crippen molar-refractivity contribution in [1.29, 1.82) is 0 Å². The third-order valence-corrected chi connectivity index (χ3v) is 2.57. The van der Waals surface area contributed by atoms with Crippen LogP contribution in [0.3, 0.4) is 0 Å². The number of halogens is 1. The average molecular weight is 258 g/mol. The molecule has 1 aromatic rings. The highest BCUT2D eigenvalue weighted by Crippen LogP contribution is 2.12. The van der Waals surface area contributed by atoms with Gasteiger partial charge in [0.2, 0.25) is 0 Å². The van der Waals surface area contributed by atoms with E-state index in [-0.39, 0.29) is 0 Å². The van der Waals surface area contributed by atoms with E-state index in [4.69, 9.17) is 0 Å². The predicted molar refractivity (Wildman–Crippen MR) is 62.9 cm³/mol. The molecular formula is C10H16BrN3. The van der Waals surface area contributed by atoms with Crippen molar-refractivity contribution in [3.8, 4) is 0 Å². The van der Waals surface area contributed by atoms with Crippen LogP contribution < -0.4 is 4.90 Å². The molecule has 0 fully saturated rings. The lowest BCUT2D eigenvalue weighted by molar-refractivity contribution is 0.659. The molecule has 14 heavy (non-hydrogen) atoms. The van der Waals surface area contributed by atoms with Crippen LogP contribution in [0, 0.1) is 0 Å². The third-order valence-electron chi connectivity index (χ3n) is 2.01. The van der Waals surface area contributed by atoms with Gasteiger partial charge in [-0.2, -0.15) is 5.10 Å². The van der Waals surface area contributed by atoms with E-state index in [1.807, 2.05) is 12.1 Å². The van der Waals surface area contributed by atoms with Crippen molar-refractivity contribution in [2.45, 2.75) is 26.3 Å². The van der Waals surface area contributed by atoms with E-state index in [2.05, 4.69) is 44.9 Å². The number of aromatic nitrogens is 2. The van der Waals surface area contributed by atoms with Crippen LogP contribution in [0.1, 0.15) is 20.3 Å². The quantitative estimate of drug-likeness (QED) is 0.760. The maximum atomic E-state index is 4.11. The first-order valence-electron chi connectivity index (χ1n) is 4.86. The standard InChI is InChI=1S/C10H16BrN3/c1-9(2)14(8-4-6-11)10-5-3-7-12-13-10/h3,5,7,9H,4,6,8H2,1-2H3. The van der Waals surface area contributed by atoms with Crippen molar-refractivity contribution < 1.29 is 0 Å². The molecule has 0 aromatic carbocycles. The lowest BCUT2D eigenvalue weighted by Crippen LogP contribution is -2.32. The number of hydrogen-bond donors (Lipinski definition) is 0. The van der Waals surface area contributed by atoms with Gasteiger partial charge in [0.05, 0.1) is 0 Å². The number of rotatable bonds is 5. The number of hydrogen-bond acceptors (Lipinski definition) is 3. The summed E-state index contributed by atoms with van der Waals surface area (Å²) in [4.78, 5) is 2.26. The van der Waals surface area contributed by atoms with Crippen molar-refractivity contribution in [2.75, 3.05) is 16.8 Å². The number of nitrogens with zero attached hydrogens (tertiary/aromatic N) is 3. The molecule has 0 aliphatic heterocycles. The zero-order valence-corrected chi connectivity index (χ0v) is 10.2. The molecule has 1 rings (SSSR count). The maximum Gasteiger partial charge on any atom is 0.151 e. The second-order valence-corrected chi connectivity index (χ2v) is 4.20. The Balaban J connectivity index is 2.68. The topological polar surface area (TPSA) is 29.0 Å². The van der Waals surface area contributed by atoms with Crippen LogP contribution in [0.2, 0.25) is 0 Å². The summed E-state index contributed by atoms with van der Waals surface area (Å²) >= 11 is 3.44. The fourth-order valence-electron chi connectivity index (χ4n) is 1.31. The zero-order chi connectivity index (χ0) is 10.4. The van der Waals surface area contributed by atoms with Crippen molar-refractivity contribution >= 4 is 21.7 Å². The van der Waals surface area contributed by atoms with E-state index in [0.29, 0.717) is 6.04 Å². The highest BCUT2D eigenvalue weighted by Gasteiger charge is 2.10. The lowest BCUT2D eigenvalue weighted by Gasteiger charge is -2.26. The molecular weight excluding hydrogens is 242 g/mol. The third kappa shape index (κ3) is 3.25. The summed E-state index contributed by atoms with van der Waals surface area (Å²) in [6.07, 6.45) is 2.82. The van der Waals surface area contributed by atoms with Crippen molar-refractivity contribution in [3.63, 3.8) is 0 Å². The number of alkyl halides is 1. The molecule has 0 spiro atoms. The van der Waals surface area contributed by atoms with Gasteiger partial charge in [0, 0.05) is 24.1 Å². The van der Waals surface area contributed by atoms with Crippen LogP contribution >= 0.6 is 15.9 Å². The monoisotopic (exact) mass is 257 g/mol. The summed E-state index contributed by atoms with van der Waals surface area (Å²) in [6.45, 7) is 5.35. The van der Waals surface area contributed by atoms with Crippen molar-refractivity contribution in [3.05, 3.63) is 18.3 Å². The summed E-state index contributed by atoms with van der Waals surface area (Å²) in [5, 5.41) is 9.03. The molecule has 0 N–H and O–H groups in total. The highest BCUT2D eigenvalue weighted by atomic mass is 79.9. The van der Waals surface area contributed by atoms with Crippen LogP contribution in [-0.4, -0.2) is 28.1 Å². The van der Waals surface area contributed by atoms with E-state index in [9.17, 15) is 0 Å². The van der Waals surface area contributed by atoms with Crippen LogP contribution in [0.15, 0.2) is 18.3 Å². The Morgan fingerprint density at radius 1 is 1.50 bits per heavy atom. The lowest BCUT2D eigenvalue weighted by atomic mass is 10.3. The van der Waals surface area contributed by atoms with Crippen molar-refractivity contribution in [2.24, 2.45) is 0 Å². The zero-order valence-electron chi connectivity index (χ0n) is 8.65. The largest absolute Gasteiger partial charge is 0.353 e. The fourth-order valence-corrected chi connectivity index (χ4v) is 1.56. The van der Waals surface area contributed by atoms with Gasteiger partial charge in [-0.05, 0) is 32.4 Å². The van der Waals surface area contributed by atoms with Crippen LogP contribution in [0.5, 0.6) is 0 Å². The van der Waals surface area contributed by atoms with Crippen molar-refractivity contribution in [1.82, 2.24) is 10.2 Å². The van der Waals surface area contributed by atoms with Gasteiger partial charge >= 0.3 is 0 Å². The molecule has 0 amide bonds. The first-order valence-corrected chi connectivity index (χ1v) is 5.98. The smallest absolute Gasteiger partial charge is 0.151 e. The Morgan fingerprint density at radius 2 is 2.29 bits per heavy atom. The van der Waals surface area contributed by atoms with E-state index in [1.54, 1.807) is 6.20 Å². The molecule has 0 saturated carbocycles. The highest BCUT2D eigenvalue weighted by molar-refractivity contribution is 9.09. The van der Waals surface area contributed by atoms with Gasteiger partial charge in [-0.15, -0.1) is 5.10 Å². The second kappa shape index (κ2) is 5.96. The fraction of sp³-hybridized carbons (Fsp3) is 0.600. The molecule has 0 aliphatic rings. The summed E-state index contributed by atoms with van der Waals surface area (Å²) in [5.74, 6) is 0.962. The molecule has 0 atom stereocenters. The normalized spacial score (nSPS) is 10.6. The second-order valence-electron chi connectivity index (χ2n) is 3.41. The Kier molecular flexibility index (Phi) is 4.87. The minimum Gasteiger partial charge on any atom is -0.353 e.